The van der Waals surface area contributed by atoms with Crippen molar-refractivity contribution < 1.29 is 4.79 Å². The van der Waals surface area contributed by atoms with Crippen molar-refractivity contribution in [3.05, 3.63) is 0 Å². The van der Waals surface area contributed by atoms with Crippen LogP contribution in [0.2, 0.25) is 0 Å². The Morgan fingerprint density at radius 1 is 1.25 bits per heavy atom. The van der Waals surface area contributed by atoms with Gasteiger partial charge in [-0.05, 0) is 33.4 Å². The Bertz CT molecular complexity index is 296. The summed E-state index contributed by atoms with van der Waals surface area (Å²) < 4.78 is 0. The molecule has 20 heavy (non-hydrogen) atoms. The van der Waals surface area contributed by atoms with Crippen LogP contribution >= 0.6 is 0 Å². The minimum atomic E-state index is -0.0712. The van der Waals surface area contributed by atoms with Crippen LogP contribution in [0.5, 0.6) is 0 Å². The summed E-state index contributed by atoms with van der Waals surface area (Å²) in [4.78, 5) is 19.0. The van der Waals surface area contributed by atoms with Gasteiger partial charge in [-0.1, -0.05) is 13.8 Å². The van der Waals surface area contributed by atoms with Crippen LogP contribution < -0.4 is 5.73 Å². The predicted molar refractivity (Wildman–Crippen MR) is 83.7 cm³/mol. The Hall–Kier alpha value is -0.650. The van der Waals surface area contributed by atoms with E-state index in [2.05, 4.69) is 37.6 Å². The number of nitrogens with two attached hydrogens (primary N) is 1. The molecule has 0 bridgehead atoms. The maximum Gasteiger partial charge on any atom is 0.236 e. The van der Waals surface area contributed by atoms with Crippen LogP contribution in [0, 0.1) is 0 Å². The van der Waals surface area contributed by atoms with Gasteiger partial charge in [-0.15, -0.1) is 0 Å². The largest absolute Gasteiger partial charge is 0.339 e. The van der Waals surface area contributed by atoms with Crippen LogP contribution in [-0.2, 0) is 4.79 Å². The first-order valence-electron chi connectivity index (χ1n) is 7.88. The molecule has 0 spiro atoms. The summed E-state index contributed by atoms with van der Waals surface area (Å²) in [5.74, 6) is 0.250. The summed E-state index contributed by atoms with van der Waals surface area (Å²) in [6.07, 6.45) is 2.02. The molecule has 1 atom stereocenters. The number of amides is 1. The summed E-state index contributed by atoms with van der Waals surface area (Å²) in [5.41, 5.74) is 5.88. The monoisotopic (exact) mass is 284 g/mol. The molecule has 0 aromatic rings. The fraction of sp³-hybridized carbons (Fsp3) is 0.933. The van der Waals surface area contributed by atoms with Crippen molar-refractivity contribution in [2.45, 2.75) is 39.2 Å². The lowest BCUT2D eigenvalue weighted by Gasteiger charge is -2.41. The summed E-state index contributed by atoms with van der Waals surface area (Å²) in [5, 5.41) is 0. The van der Waals surface area contributed by atoms with Crippen LogP contribution in [0.1, 0.15) is 33.6 Å². The predicted octanol–water partition coefficient (Wildman–Crippen LogP) is 0.600. The first-order chi connectivity index (χ1) is 9.46. The first-order valence-corrected chi connectivity index (χ1v) is 7.88. The van der Waals surface area contributed by atoms with Crippen LogP contribution in [0.3, 0.4) is 0 Å². The zero-order valence-electron chi connectivity index (χ0n) is 13.7. The Balaban J connectivity index is 2.63. The summed E-state index contributed by atoms with van der Waals surface area (Å²) in [7, 11) is 2.10. The molecular formula is C15H32N4O. The molecule has 118 valence electrons. The minimum absolute atomic E-state index is 0.0712. The van der Waals surface area contributed by atoms with E-state index in [1.54, 1.807) is 0 Å². The van der Waals surface area contributed by atoms with E-state index >= 15 is 0 Å². The molecule has 1 unspecified atom stereocenters. The van der Waals surface area contributed by atoms with Crippen LogP contribution in [-0.4, -0.2) is 79.0 Å². The lowest BCUT2D eigenvalue weighted by atomic mass is 9.96. The Labute approximate surface area is 124 Å². The molecule has 0 radical (unpaired) electrons. The molecule has 1 rings (SSSR count). The van der Waals surface area contributed by atoms with E-state index in [9.17, 15) is 4.79 Å². The van der Waals surface area contributed by atoms with Gasteiger partial charge >= 0.3 is 0 Å². The average Bonchev–Trinajstić information content (AvgIpc) is 2.46. The maximum atomic E-state index is 12.5. The van der Waals surface area contributed by atoms with Crippen LogP contribution in [0.15, 0.2) is 0 Å². The molecule has 0 aromatic heterocycles. The smallest absolute Gasteiger partial charge is 0.236 e. The molecule has 1 amide bonds. The van der Waals surface area contributed by atoms with Gasteiger partial charge in [0.2, 0.25) is 5.91 Å². The van der Waals surface area contributed by atoms with Gasteiger partial charge in [0.15, 0.2) is 0 Å². The number of rotatable bonds is 7. The van der Waals surface area contributed by atoms with E-state index < -0.39 is 0 Å². The minimum Gasteiger partial charge on any atom is -0.339 e. The molecule has 1 fully saturated rings. The first kappa shape index (κ1) is 17.4. The molecule has 0 aromatic carbocycles. The third-order valence-corrected chi connectivity index (χ3v) is 4.64. The molecule has 1 saturated heterocycles. The third kappa shape index (κ3) is 4.43. The maximum absolute atomic E-state index is 12.5. The summed E-state index contributed by atoms with van der Waals surface area (Å²) in [6, 6.07) is 0. The van der Waals surface area contributed by atoms with Crippen molar-refractivity contribution in [2.24, 2.45) is 5.73 Å². The van der Waals surface area contributed by atoms with Gasteiger partial charge in [0.25, 0.3) is 0 Å². The highest BCUT2D eigenvalue weighted by Gasteiger charge is 2.31. The van der Waals surface area contributed by atoms with Crippen molar-refractivity contribution in [1.82, 2.24) is 14.7 Å². The van der Waals surface area contributed by atoms with Gasteiger partial charge in [-0.3, -0.25) is 9.69 Å². The van der Waals surface area contributed by atoms with Crippen LogP contribution in [0.25, 0.3) is 0 Å². The van der Waals surface area contributed by atoms with E-state index in [1.807, 2.05) is 4.90 Å². The van der Waals surface area contributed by atoms with Gasteiger partial charge in [-0.2, -0.15) is 0 Å². The Kier molecular flexibility index (Phi) is 6.92. The number of hydrogen-bond acceptors (Lipinski definition) is 4. The average molecular weight is 284 g/mol. The van der Waals surface area contributed by atoms with Gasteiger partial charge < -0.3 is 15.5 Å². The number of likely N-dealkylation sites (N-methyl/N-ethyl adjacent to an activating group) is 1. The summed E-state index contributed by atoms with van der Waals surface area (Å²) >= 11 is 0. The van der Waals surface area contributed by atoms with Crippen molar-refractivity contribution in [3.63, 3.8) is 0 Å². The molecule has 1 heterocycles. The van der Waals surface area contributed by atoms with Crippen molar-refractivity contribution >= 4 is 5.91 Å². The second-order valence-electron chi connectivity index (χ2n) is 6.16. The molecule has 0 saturated carbocycles. The second kappa shape index (κ2) is 7.96. The van der Waals surface area contributed by atoms with E-state index in [0.717, 1.165) is 45.6 Å². The van der Waals surface area contributed by atoms with Gasteiger partial charge in [0, 0.05) is 38.3 Å². The number of carbonyl (C=O) groups is 1. The molecular weight excluding hydrogens is 252 g/mol. The van der Waals surface area contributed by atoms with E-state index in [0.29, 0.717) is 13.1 Å². The summed E-state index contributed by atoms with van der Waals surface area (Å²) in [6.45, 7) is 12.1. The fourth-order valence-corrected chi connectivity index (χ4v) is 2.63. The lowest BCUT2D eigenvalue weighted by Crippen LogP contribution is -2.56. The van der Waals surface area contributed by atoms with Gasteiger partial charge in [0.1, 0.15) is 0 Å². The molecule has 2 N–H and O–H groups in total. The lowest BCUT2D eigenvalue weighted by molar-refractivity contribution is -0.135. The zero-order valence-corrected chi connectivity index (χ0v) is 13.7. The number of carbonyl (C=O) groups excluding carboxylic acids is 1. The highest BCUT2D eigenvalue weighted by atomic mass is 16.2. The normalized spacial score (nSPS) is 20.2. The molecule has 5 heteroatoms. The quantitative estimate of drug-likeness (QED) is 0.744. The van der Waals surface area contributed by atoms with E-state index in [4.69, 9.17) is 5.73 Å². The second-order valence-corrected chi connectivity index (χ2v) is 6.16. The Morgan fingerprint density at radius 2 is 1.85 bits per heavy atom. The zero-order chi connectivity index (χ0) is 15.2. The highest BCUT2D eigenvalue weighted by Crippen LogP contribution is 2.18. The molecule has 5 nitrogen and oxygen atoms in total. The molecule has 1 aliphatic heterocycles. The molecule has 0 aliphatic carbocycles. The molecule has 1 aliphatic rings. The number of piperazine rings is 1. The fourth-order valence-electron chi connectivity index (χ4n) is 2.63. The number of hydrogen-bond donors (Lipinski definition) is 1. The van der Waals surface area contributed by atoms with Crippen molar-refractivity contribution in [1.29, 1.82) is 0 Å². The van der Waals surface area contributed by atoms with Crippen molar-refractivity contribution in [2.75, 3.05) is 52.9 Å². The Morgan fingerprint density at radius 3 is 2.30 bits per heavy atom. The van der Waals surface area contributed by atoms with E-state index in [1.165, 1.54) is 0 Å². The highest BCUT2D eigenvalue weighted by molar-refractivity contribution is 5.78. The van der Waals surface area contributed by atoms with Gasteiger partial charge in [0.05, 0.1) is 6.54 Å². The van der Waals surface area contributed by atoms with Crippen LogP contribution in [0.4, 0.5) is 0 Å². The standard InChI is InChI=1S/C15H32N4O/c1-5-7-19(15(3,6-2)13-16)12-14(20)18-10-8-17(4)9-11-18/h5-13,16H2,1-4H3. The van der Waals surface area contributed by atoms with Crippen molar-refractivity contribution in [3.8, 4) is 0 Å². The van der Waals surface area contributed by atoms with Gasteiger partial charge in [-0.25, -0.2) is 0 Å². The van der Waals surface area contributed by atoms with E-state index in [-0.39, 0.29) is 11.4 Å². The number of nitrogens with zero attached hydrogens (tertiary/aromatic N) is 3. The third-order valence-electron chi connectivity index (χ3n) is 4.64. The topological polar surface area (TPSA) is 52.8 Å². The SMILES string of the molecule is CCCN(CC(=O)N1CCN(C)CC1)C(C)(CC)CN.